The van der Waals surface area contributed by atoms with Crippen molar-refractivity contribution in [3.05, 3.63) is 36.3 Å². The summed E-state index contributed by atoms with van der Waals surface area (Å²) in [6.45, 7) is 6.10. The van der Waals surface area contributed by atoms with Gasteiger partial charge in [0, 0.05) is 30.6 Å². The molecule has 3 rings (SSSR count). The molecule has 7 heteroatoms. The van der Waals surface area contributed by atoms with Gasteiger partial charge >= 0.3 is 0 Å². The zero-order valence-electron chi connectivity index (χ0n) is 16.7. The van der Waals surface area contributed by atoms with E-state index in [4.69, 9.17) is 15.5 Å². The second-order valence-electron chi connectivity index (χ2n) is 7.09. The number of carbonyl (C=O) groups is 1. The number of carbonyl (C=O) groups excluding carboxylic acids is 1. The zero-order valence-corrected chi connectivity index (χ0v) is 17.6. The monoisotopic (exact) mass is 402 g/mol. The maximum Gasteiger partial charge on any atom is 0.241 e. The van der Waals surface area contributed by atoms with Gasteiger partial charge in [-0.15, -0.1) is 0 Å². The van der Waals surface area contributed by atoms with E-state index >= 15 is 0 Å². The first-order valence-electron chi connectivity index (χ1n) is 10.1. The molecule has 0 spiro atoms. The second-order valence-corrected chi connectivity index (χ2v) is 7.45. The third-order valence-corrected chi connectivity index (χ3v) is 5.55. The summed E-state index contributed by atoms with van der Waals surface area (Å²) in [6, 6.07) is 7.32. The SMILES string of the molecule is CCCCC1c2nc(-c3ccccc3OCC)cn2CCN1C(=O)C(N)CS. The van der Waals surface area contributed by atoms with Gasteiger partial charge in [0.1, 0.15) is 11.6 Å². The average Bonchev–Trinajstić information content (AvgIpc) is 3.15. The third kappa shape index (κ3) is 4.20. The molecule has 0 saturated carbocycles. The third-order valence-electron chi connectivity index (χ3n) is 5.15. The van der Waals surface area contributed by atoms with Gasteiger partial charge in [0.25, 0.3) is 0 Å². The predicted octanol–water partition coefficient (Wildman–Crippen LogP) is 3.28. The standard InChI is InChI=1S/C21H30N4O2S/c1-3-5-9-18-20-23-17(15-8-6-7-10-19(15)27-4-2)13-24(20)11-12-25(18)21(26)16(22)14-28/h6-8,10,13,16,18,28H,3-5,9,11-12,14,22H2,1-2H3. The van der Waals surface area contributed by atoms with Crippen LogP contribution in [0.25, 0.3) is 11.3 Å². The molecule has 2 unspecified atom stereocenters. The first kappa shape index (κ1) is 20.7. The highest BCUT2D eigenvalue weighted by Crippen LogP contribution is 2.35. The summed E-state index contributed by atoms with van der Waals surface area (Å²) < 4.78 is 7.96. The predicted molar refractivity (Wildman–Crippen MR) is 115 cm³/mol. The highest BCUT2D eigenvalue weighted by Gasteiger charge is 2.34. The number of thiol groups is 1. The molecular formula is C21H30N4O2S. The van der Waals surface area contributed by atoms with Crippen LogP contribution in [0.2, 0.25) is 0 Å². The Hall–Kier alpha value is -1.99. The maximum absolute atomic E-state index is 12.8. The van der Waals surface area contributed by atoms with Crippen LogP contribution in [-0.4, -0.2) is 45.3 Å². The Balaban J connectivity index is 1.97. The number of nitrogens with zero attached hydrogens (tertiary/aromatic N) is 3. The largest absolute Gasteiger partial charge is 0.493 e. The zero-order chi connectivity index (χ0) is 20.1. The molecule has 1 aromatic carbocycles. The van der Waals surface area contributed by atoms with E-state index in [0.29, 0.717) is 25.4 Å². The van der Waals surface area contributed by atoms with E-state index < -0.39 is 6.04 Å². The van der Waals surface area contributed by atoms with Gasteiger partial charge in [0.05, 0.1) is 24.4 Å². The number of unbranched alkanes of at least 4 members (excludes halogenated alkanes) is 1. The van der Waals surface area contributed by atoms with Gasteiger partial charge in [0.2, 0.25) is 5.91 Å². The summed E-state index contributed by atoms with van der Waals surface area (Å²) in [7, 11) is 0. The Bertz CT molecular complexity index is 807. The van der Waals surface area contributed by atoms with Crippen LogP contribution >= 0.6 is 12.6 Å². The second kappa shape index (κ2) is 9.47. The lowest BCUT2D eigenvalue weighted by molar-refractivity contribution is -0.136. The normalized spacial score (nSPS) is 17.3. The van der Waals surface area contributed by atoms with Gasteiger partial charge in [-0.3, -0.25) is 4.79 Å². The van der Waals surface area contributed by atoms with Gasteiger partial charge < -0.3 is 19.9 Å². The minimum Gasteiger partial charge on any atom is -0.493 e. The highest BCUT2D eigenvalue weighted by molar-refractivity contribution is 7.80. The Labute approximate surface area is 172 Å². The number of hydrogen-bond acceptors (Lipinski definition) is 5. The van der Waals surface area contributed by atoms with Crippen molar-refractivity contribution in [2.75, 3.05) is 18.9 Å². The van der Waals surface area contributed by atoms with E-state index in [1.54, 1.807) is 0 Å². The number of amides is 1. The first-order valence-corrected chi connectivity index (χ1v) is 10.7. The number of nitrogens with two attached hydrogens (primary N) is 1. The number of aromatic nitrogens is 2. The molecule has 2 aromatic rings. The average molecular weight is 403 g/mol. The van der Waals surface area contributed by atoms with E-state index in [-0.39, 0.29) is 11.9 Å². The topological polar surface area (TPSA) is 73.4 Å². The maximum atomic E-state index is 12.8. The van der Waals surface area contributed by atoms with Crippen LogP contribution in [0.15, 0.2) is 30.5 Å². The molecule has 0 saturated heterocycles. The van der Waals surface area contributed by atoms with Crippen LogP contribution in [0.3, 0.4) is 0 Å². The molecule has 2 heterocycles. The Morgan fingerprint density at radius 2 is 2.14 bits per heavy atom. The number of ether oxygens (including phenoxy) is 1. The van der Waals surface area contributed by atoms with Crippen LogP contribution < -0.4 is 10.5 Å². The molecule has 1 aromatic heterocycles. The fourth-order valence-electron chi connectivity index (χ4n) is 3.71. The summed E-state index contributed by atoms with van der Waals surface area (Å²) in [6.07, 6.45) is 5.05. The van der Waals surface area contributed by atoms with Crippen molar-refractivity contribution in [2.45, 2.75) is 51.7 Å². The van der Waals surface area contributed by atoms with Gasteiger partial charge in [0.15, 0.2) is 0 Å². The van der Waals surface area contributed by atoms with Crippen molar-refractivity contribution in [1.82, 2.24) is 14.5 Å². The number of para-hydroxylation sites is 1. The fourth-order valence-corrected chi connectivity index (χ4v) is 3.87. The van der Waals surface area contributed by atoms with Crippen LogP contribution in [0, 0.1) is 0 Å². The molecule has 152 valence electrons. The van der Waals surface area contributed by atoms with E-state index in [0.717, 1.165) is 42.1 Å². The van der Waals surface area contributed by atoms with Crippen molar-refractivity contribution in [1.29, 1.82) is 0 Å². The lowest BCUT2D eigenvalue weighted by Gasteiger charge is -2.37. The number of benzene rings is 1. The van der Waals surface area contributed by atoms with Gasteiger partial charge in [-0.05, 0) is 25.5 Å². The van der Waals surface area contributed by atoms with Crippen LogP contribution in [-0.2, 0) is 11.3 Å². The summed E-state index contributed by atoms with van der Waals surface area (Å²) in [4.78, 5) is 19.7. The molecule has 2 N–H and O–H groups in total. The van der Waals surface area contributed by atoms with Crippen LogP contribution in [0.5, 0.6) is 5.75 Å². The minimum absolute atomic E-state index is 0.0402. The molecule has 1 aliphatic rings. The first-order chi connectivity index (χ1) is 13.6. The Morgan fingerprint density at radius 3 is 2.86 bits per heavy atom. The van der Waals surface area contributed by atoms with Crippen LogP contribution in [0.4, 0.5) is 0 Å². The number of fused-ring (bicyclic) bond motifs is 1. The summed E-state index contributed by atoms with van der Waals surface area (Å²) in [5.41, 5.74) is 7.86. The lowest BCUT2D eigenvalue weighted by Crippen LogP contribution is -2.50. The van der Waals surface area contributed by atoms with Gasteiger partial charge in [-0.1, -0.05) is 31.9 Å². The van der Waals surface area contributed by atoms with Gasteiger partial charge in [-0.2, -0.15) is 12.6 Å². The minimum atomic E-state index is -0.577. The fraction of sp³-hybridized carbons (Fsp3) is 0.524. The van der Waals surface area contributed by atoms with E-state index in [1.165, 1.54) is 0 Å². The number of imidazole rings is 1. The molecule has 1 aliphatic heterocycles. The Morgan fingerprint density at radius 1 is 1.36 bits per heavy atom. The smallest absolute Gasteiger partial charge is 0.241 e. The van der Waals surface area contributed by atoms with E-state index in [1.807, 2.05) is 36.1 Å². The summed E-state index contributed by atoms with van der Waals surface area (Å²) >= 11 is 4.21. The number of rotatable bonds is 8. The van der Waals surface area contributed by atoms with Crippen molar-refractivity contribution >= 4 is 18.5 Å². The van der Waals surface area contributed by atoms with Gasteiger partial charge in [-0.25, -0.2) is 4.98 Å². The van der Waals surface area contributed by atoms with E-state index in [2.05, 4.69) is 30.3 Å². The Kier molecular flexibility index (Phi) is 7.02. The number of hydrogen-bond donors (Lipinski definition) is 2. The van der Waals surface area contributed by atoms with E-state index in [9.17, 15) is 4.79 Å². The molecule has 0 aliphatic carbocycles. The molecule has 0 fully saturated rings. The summed E-state index contributed by atoms with van der Waals surface area (Å²) in [5, 5.41) is 0. The molecular weight excluding hydrogens is 372 g/mol. The van der Waals surface area contributed by atoms with Crippen molar-refractivity contribution in [2.24, 2.45) is 5.73 Å². The van der Waals surface area contributed by atoms with Crippen LogP contribution in [0.1, 0.15) is 45.0 Å². The lowest BCUT2D eigenvalue weighted by atomic mass is 10.0. The molecule has 6 nitrogen and oxygen atoms in total. The quantitative estimate of drug-likeness (QED) is 0.665. The molecule has 0 radical (unpaired) electrons. The molecule has 0 bridgehead atoms. The van der Waals surface area contributed by atoms with Crippen molar-refractivity contribution < 1.29 is 9.53 Å². The molecule has 1 amide bonds. The highest BCUT2D eigenvalue weighted by atomic mass is 32.1. The summed E-state index contributed by atoms with van der Waals surface area (Å²) in [5.74, 6) is 2.06. The molecule has 28 heavy (non-hydrogen) atoms. The van der Waals surface area contributed by atoms with Crippen molar-refractivity contribution in [3.8, 4) is 17.0 Å². The molecule has 2 atom stereocenters. The van der Waals surface area contributed by atoms with Crippen molar-refractivity contribution in [3.63, 3.8) is 0 Å².